The van der Waals surface area contributed by atoms with Gasteiger partial charge in [-0.15, -0.1) is 0 Å². The van der Waals surface area contributed by atoms with E-state index in [-0.39, 0.29) is 6.10 Å². The third kappa shape index (κ3) is 6.95. The van der Waals surface area contributed by atoms with Crippen LogP contribution in [0.25, 0.3) is 11.3 Å². The molecule has 2 aliphatic heterocycles. The Morgan fingerprint density at radius 1 is 0.952 bits per heavy atom. The van der Waals surface area contributed by atoms with Crippen LogP contribution in [-0.2, 0) is 16.1 Å². The quantitative estimate of drug-likeness (QED) is 0.355. The maximum absolute atomic E-state index is 11.5. The molecule has 0 amide bonds. The largest absolute Gasteiger partial charge is 0.479 e. The number of carboxylic acid groups (broad SMARTS) is 1. The van der Waals surface area contributed by atoms with Crippen molar-refractivity contribution < 1.29 is 19.4 Å². The Morgan fingerprint density at radius 3 is 2.29 bits per heavy atom. The van der Waals surface area contributed by atoms with Gasteiger partial charge < -0.3 is 24.4 Å². The second kappa shape index (κ2) is 12.3. The molecule has 2 saturated heterocycles. The summed E-state index contributed by atoms with van der Waals surface area (Å²) in [6, 6.07) is 9.27. The number of aliphatic carboxylic acids is 1. The van der Waals surface area contributed by atoms with E-state index in [9.17, 15) is 9.90 Å². The van der Waals surface area contributed by atoms with Crippen LogP contribution >= 0.6 is 23.2 Å². The minimum Gasteiger partial charge on any atom is -0.479 e. The summed E-state index contributed by atoms with van der Waals surface area (Å²) in [4.78, 5) is 32.2. The number of rotatable bonds is 9. The van der Waals surface area contributed by atoms with E-state index >= 15 is 0 Å². The van der Waals surface area contributed by atoms with Crippen LogP contribution in [-0.4, -0.2) is 93.8 Å². The molecule has 3 aromatic rings. The highest BCUT2D eigenvalue weighted by molar-refractivity contribution is 6.35. The zero-order valence-corrected chi connectivity index (χ0v) is 25.0. The van der Waals surface area contributed by atoms with Crippen LogP contribution in [0, 0.1) is 0 Å². The van der Waals surface area contributed by atoms with Crippen molar-refractivity contribution in [2.24, 2.45) is 0 Å². The number of pyridine rings is 1. The Kier molecular flexibility index (Phi) is 8.51. The molecule has 12 heteroatoms. The van der Waals surface area contributed by atoms with Gasteiger partial charge in [-0.2, -0.15) is 0 Å². The molecule has 0 bridgehead atoms. The Morgan fingerprint density at radius 2 is 1.67 bits per heavy atom. The van der Waals surface area contributed by atoms with E-state index in [2.05, 4.69) is 31.7 Å². The summed E-state index contributed by atoms with van der Waals surface area (Å²) in [7, 11) is 2.12. The SMILES string of the molecule is CN1CCN(c2cnc(Oc3cc(CN4CCC(OC5(C(=O)O)CC5)CC4)cc(-c4cc(Cl)cc(Cl)c4)n3)cn2)CC1. The van der Waals surface area contributed by atoms with Crippen molar-refractivity contribution in [3.63, 3.8) is 0 Å². The van der Waals surface area contributed by atoms with Crippen LogP contribution in [0.1, 0.15) is 31.2 Å². The number of halogens is 2. The van der Waals surface area contributed by atoms with Crippen LogP contribution in [0.3, 0.4) is 0 Å². The van der Waals surface area contributed by atoms with Gasteiger partial charge in [-0.05, 0) is 62.6 Å². The van der Waals surface area contributed by atoms with Gasteiger partial charge in [0.1, 0.15) is 5.82 Å². The molecule has 2 aromatic heterocycles. The van der Waals surface area contributed by atoms with Gasteiger partial charge >= 0.3 is 5.97 Å². The molecule has 0 spiro atoms. The molecule has 10 nitrogen and oxygen atoms in total. The highest BCUT2D eigenvalue weighted by atomic mass is 35.5. The number of likely N-dealkylation sites (tertiary alicyclic amines) is 1. The molecule has 0 unspecified atom stereocenters. The van der Waals surface area contributed by atoms with E-state index in [1.165, 1.54) is 0 Å². The van der Waals surface area contributed by atoms with Crippen LogP contribution in [0.15, 0.2) is 42.7 Å². The summed E-state index contributed by atoms with van der Waals surface area (Å²) in [5, 5.41) is 10.5. The molecule has 3 fully saturated rings. The molecule has 42 heavy (non-hydrogen) atoms. The second-order valence-electron chi connectivity index (χ2n) is 11.4. The maximum atomic E-state index is 11.5. The van der Waals surface area contributed by atoms with E-state index in [1.54, 1.807) is 18.5 Å². The number of likely N-dealkylation sites (N-methyl/N-ethyl adjacent to an activating group) is 1. The number of hydrogen-bond donors (Lipinski definition) is 1. The number of nitrogens with zero attached hydrogens (tertiary/aromatic N) is 6. The van der Waals surface area contributed by atoms with Gasteiger partial charge in [0.15, 0.2) is 5.60 Å². The highest BCUT2D eigenvalue weighted by Crippen LogP contribution is 2.42. The molecule has 1 N–H and O–H groups in total. The number of hydrogen-bond acceptors (Lipinski definition) is 9. The molecule has 1 aromatic carbocycles. The minimum atomic E-state index is -0.955. The molecule has 6 rings (SSSR count). The number of carbonyl (C=O) groups is 1. The number of benzene rings is 1. The van der Waals surface area contributed by atoms with Crippen molar-refractivity contribution in [1.29, 1.82) is 0 Å². The van der Waals surface area contributed by atoms with Gasteiger partial charge in [0.05, 0.1) is 24.2 Å². The van der Waals surface area contributed by atoms with Gasteiger partial charge in [-0.1, -0.05) is 23.2 Å². The standard InChI is InChI=1S/C30H34Cl2N6O4/c1-36-8-10-38(11-9-36)26-17-34-28(18-33-26)41-27-13-20(12-25(35-27)21-14-22(31)16-23(32)15-21)19-37-6-2-24(3-7-37)42-30(4-5-30)29(39)40/h12-18,24H,2-11,19H2,1H3,(H,39,40). The lowest BCUT2D eigenvalue weighted by molar-refractivity contribution is -0.160. The molecule has 3 aliphatic rings. The predicted octanol–water partition coefficient (Wildman–Crippen LogP) is 4.99. The smallest absolute Gasteiger partial charge is 0.335 e. The van der Waals surface area contributed by atoms with Crippen LogP contribution in [0.5, 0.6) is 11.8 Å². The fourth-order valence-corrected chi connectivity index (χ4v) is 6.00. The fraction of sp³-hybridized carbons (Fsp3) is 0.467. The first-order valence-electron chi connectivity index (χ1n) is 14.3. The zero-order chi connectivity index (χ0) is 29.3. The lowest BCUT2D eigenvalue weighted by Crippen LogP contribution is -2.44. The van der Waals surface area contributed by atoms with Crippen LogP contribution in [0.4, 0.5) is 5.82 Å². The lowest BCUT2D eigenvalue weighted by atomic mass is 10.0. The van der Waals surface area contributed by atoms with Crippen LogP contribution in [0.2, 0.25) is 10.0 Å². The van der Waals surface area contributed by atoms with Crippen LogP contribution < -0.4 is 9.64 Å². The summed E-state index contributed by atoms with van der Waals surface area (Å²) in [6.45, 7) is 6.06. The third-order valence-corrected chi connectivity index (χ3v) is 8.53. The van der Waals surface area contributed by atoms with Gasteiger partial charge in [0, 0.05) is 67.5 Å². The van der Waals surface area contributed by atoms with Gasteiger partial charge in [0.2, 0.25) is 11.8 Å². The monoisotopic (exact) mass is 612 g/mol. The average Bonchev–Trinajstić information content (AvgIpc) is 3.75. The predicted molar refractivity (Wildman–Crippen MR) is 160 cm³/mol. The van der Waals surface area contributed by atoms with Crippen molar-refractivity contribution >= 4 is 35.0 Å². The zero-order valence-electron chi connectivity index (χ0n) is 23.5. The van der Waals surface area contributed by atoms with E-state index in [1.807, 2.05) is 24.3 Å². The van der Waals surface area contributed by atoms with Crippen molar-refractivity contribution in [3.8, 4) is 23.0 Å². The first-order valence-corrected chi connectivity index (χ1v) is 15.0. The van der Waals surface area contributed by atoms with Crippen molar-refractivity contribution in [2.45, 2.75) is 43.9 Å². The topological polar surface area (TPSA) is 104 Å². The molecule has 0 radical (unpaired) electrons. The molecule has 1 saturated carbocycles. The Balaban J connectivity index is 1.17. The molecular formula is C30H34Cl2N6O4. The molecular weight excluding hydrogens is 579 g/mol. The highest BCUT2D eigenvalue weighted by Gasteiger charge is 2.53. The van der Waals surface area contributed by atoms with Crippen molar-refractivity contribution in [3.05, 3.63) is 58.3 Å². The lowest BCUT2D eigenvalue weighted by Gasteiger charge is -2.33. The summed E-state index contributed by atoms with van der Waals surface area (Å²) in [6.07, 6.45) is 6.11. The minimum absolute atomic E-state index is 0.0345. The molecule has 4 heterocycles. The Hall–Kier alpha value is -3.02. The number of carboxylic acids is 1. The number of ether oxygens (including phenoxy) is 2. The summed E-state index contributed by atoms with van der Waals surface area (Å²) < 4.78 is 12.1. The van der Waals surface area contributed by atoms with E-state index in [0.29, 0.717) is 46.9 Å². The van der Waals surface area contributed by atoms with Crippen molar-refractivity contribution in [2.75, 3.05) is 51.2 Å². The maximum Gasteiger partial charge on any atom is 0.335 e. The number of piperidine rings is 1. The normalized spacial score (nSPS) is 19.5. The van der Waals surface area contributed by atoms with E-state index in [4.69, 9.17) is 37.7 Å². The summed E-state index contributed by atoms with van der Waals surface area (Å²) in [5.74, 6) is 0.741. The molecule has 1 aliphatic carbocycles. The summed E-state index contributed by atoms with van der Waals surface area (Å²) >= 11 is 12.6. The first-order chi connectivity index (χ1) is 20.2. The fourth-order valence-electron chi connectivity index (χ4n) is 5.48. The van der Waals surface area contributed by atoms with Gasteiger partial charge in [-0.25, -0.2) is 19.7 Å². The molecule has 222 valence electrons. The Labute approximate surface area is 255 Å². The van der Waals surface area contributed by atoms with Gasteiger partial charge in [-0.3, -0.25) is 4.90 Å². The number of anilines is 1. The second-order valence-corrected chi connectivity index (χ2v) is 12.2. The van der Waals surface area contributed by atoms with Crippen molar-refractivity contribution in [1.82, 2.24) is 24.8 Å². The third-order valence-electron chi connectivity index (χ3n) is 8.10. The first kappa shape index (κ1) is 29.1. The van der Waals surface area contributed by atoms with E-state index < -0.39 is 11.6 Å². The number of aromatic nitrogens is 3. The van der Waals surface area contributed by atoms with Gasteiger partial charge in [0.25, 0.3) is 0 Å². The average molecular weight is 614 g/mol. The molecule has 0 atom stereocenters. The van der Waals surface area contributed by atoms with E-state index in [0.717, 1.165) is 69.1 Å². The number of piperazine rings is 1. The summed E-state index contributed by atoms with van der Waals surface area (Å²) in [5.41, 5.74) is 1.52. The Bertz CT molecular complexity index is 1400.